The summed E-state index contributed by atoms with van der Waals surface area (Å²) >= 11 is 0. The van der Waals surface area contributed by atoms with Crippen molar-refractivity contribution in [1.82, 2.24) is 14.7 Å². The first-order valence-electron chi connectivity index (χ1n) is 6.52. The molecule has 17 heavy (non-hydrogen) atoms. The number of nitrogens with zero attached hydrogens (tertiary/aromatic N) is 3. The molecular weight excluding hydrogens is 212 g/mol. The second-order valence-electron chi connectivity index (χ2n) is 5.58. The van der Waals surface area contributed by atoms with Crippen LogP contribution in [0, 0.1) is 0 Å². The van der Waals surface area contributed by atoms with E-state index in [9.17, 15) is 0 Å². The third-order valence-corrected chi connectivity index (χ3v) is 3.80. The van der Waals surface area contributed by atoms with Crippen molar-refractivity contribution >= 4 is 0 Å². The molecule has 1 aromatic rings. The van der Waals surface area contributed by atoms with E-state index in [1.807, 2.05) is 17.9 Å². The molecule has 0 unspecified atom stereocenters. The van der Waals surface area contributed by atoms with E-state index in [-0.39, 0.29) is 5.54 Å². The normalized spacial score (nSPS) is 19.1. The highest BCUT2D eigenvalue weighted by atomic mass is 15.2. The minimum Gasteiger partial charge on any atom is -0.325 e. The van der Waals surface area contributed by atoms with E-state index < -0.39 is 0 Å². The molecule has 0 amide bonds. The average Bonchev–Trinajstić information content (AvgIpc) is 2.86. The molecule has 0 saturated heterocycles. The predicted octanol–water partition coefficient (Wildman–Crippen LogP) is 1.51. The Bertz CT molecular complexity index is 352. The minimum absolute atomic E-state index is 0.114. The van der Waals surface area contributed by atoms with Gasteiger partial charge in [-0.2, -0.15) is 5.10 Å². The Morgan fingerprint density at radius 1 is 1.47 bits per heavy atom. The molecule has 1 aliphatic carbocycles. The summed E-state index contributed by atoms with van der Waals surface area (Å²) in [6.07, 6.45) is 10.1. The first-order valence-corrected chi connectivity index (χ1v) is 6.52. The highest BCUT2D eigenvalue weighted by Gasteiger charge is 2.28. The van der Waals surface area contributed by atoms with E-state index in [2.05, 4.69) is 23.2 Å². The number of hydrogen-bond donors (Lipinski definition) is 1. The molecule has 0 aromatic carbocycles. The molecular formula is C13H24N4. The van der Waals surface area contributed by atoms with Gasteiger partial charge in [0.15, 0.2) is 0 Å². The quantitative estimate of drug-likeness (QED) is 0.843. The van der Waals surface area contributed by atoms with Crippen molar-refractivity contribution in [3.05, 3.63) is 18.0 Å². The van der Waals surface area contributed by atoms with E-state index in [1.54, 1.807) is 0 Å². The van der Waals surface area contributed by atoms with Gasteiger partial charge in [-0.05, 0) is 32.9 Å². The van der Waals surface area contributed by atoms with Gasteiger partial charge >= 0.3 is 0 Å². The molecule has 2 rings (SSSR count). The van der Waals surface area contributed by atoms with Crippen LogP contribution >= 0.6 is 0 Å². The Labute approximate surface area is 104 Å². The maximum atomic E-state index is 6.36. The van der Waals surface area contributed by atoms with Crippen molar-refractivity contribution in [3.8, 4) is 0 Å². The van der Waals surface area contributed by atoms with Gasteiger partial charge in [0.05, 0.1) is 6.20 Å². The van der Waals surface area contributed by atoms with Crippen molar-refractivity contribution in [1.29, 1.82) is 0 Å². The van der Waals surface area contributed by atoms with Crippen LogP contribution in [-0.4, -0.2) is 33.8 Å². The molecule has 4 nitrogen and oxygen atoms in total. The van der Waals surface area contributed by atoms with Crippen LogP contribution in [0.4, 0.5) is 0 Å². The van der Waals surface area contributed by atoms with Crippen molar-refractivity contribution < 1.29 is 0 Å². The fourth-order valence-electron chi connectivity index (χ4n) is 2.69. The Morgan fingerprint density at radius 2 is 2.18 bits per heavy atom. The van der Waals surface area contributed by atoms with Gasteiger partial charge in [0.25, 0.3) is 0 Å². The maximum absolute atomic E-state index is 6.36. The van der Waals surface area contributed by atoms with Gasteiger partial charge in [-0.25, -0.2) is 0 Å². The summed E-state index contributed by atoms with van der Waals surface area (Å²) in [6, 6.07) is 0. The van der Waals surface area contributed by atoms with E-state index in [0.717, 1.165) is 19.5 Å². The van der Waals surface area contributed by atoms with Crippen LogP contribution in [0.5, 0.6) is 0 Å². The molecule has 1 saturated carbocycles. The Hall–Kier alpha value is -0.870. The Morgan fingerprint density at radius 3 is 2.76 bits per heavy atom. The number of nitrogens with two attached hydrogens (primary N) is 1. The molecule has 1 heterocycles. The molecule has 0 bridgehead atoms. The summed E-state index contributed by atoms with van der Waals surface area (Å²) in [5.41, 5.74) is 7.75. The van der Waals surface area contributed by atoms with Crippen LogP contribution in [0.15, 0.2) is 12.4 Å². The van der Waals surface area contributed by atoms with Crippen LogP contribution < -0.4 is 5.73 Å². The topological polar surface area (TPSA) is 47.1 Å². The fraction of sp³-hybridized carbons (Fsp3) is 0.769. The number of aryl methyl sites for hydroxylation is 1. The lowest BCUT2D eigenvalue weighted by Crippen LogP contribution is -2.39. The molecule has 0 aliphatic heterocycles. The molecule has 2 N–H and O–H groups in total. The lowest BCUT2D eigenvalue weighted by Gasteiger charge is -2.26. The summed E-state index contributed by atoms with van der Waals surface area (Å²) in [5, 5.41) is 4.19. The third kappa shape index (κ3) is 3.54. The molecule has 1 aliphatic rings. The second-order valence-corrected chi connectivity index (χ2v) is 5.58. The lowest BCUT2D eigenvalue weighted by molar-refractivity contribution is 0.273. The number of rotatable bonds is 5. The maximum Gasteiger partial charge on any atom is 0.0534 e. The summed E-state index contributed by atoms with van der Waals surface area (Å²) in [6.45, 7) is 2.04. The van der Waals surface area contributed by atoms with E-state index in [0.29, 0.717) is 0 Å². The molecule has 1 aromatic heterocycles. The van der Waals surface area contributed by atoms with Crippen molar-refractivity contribution in [2.45, 2.75) is 44.2 Å². The first kappa shape index (κ1) is 12.6. The predicted molar refractivity (Wildman–Crippen MR) is 69.5 cm³/mol. The Balaban J connectivity index is 1.75. The van der Waals surface area contributed by atoms with Gasteiger partial charge in [0, 0.05) is 30.9 Å². The molecule has 4 heteroatoms. The highest BCUT2D eigenvalue weighted by molar-refractivity contribution is 5.03. The van der Waals surface area contributed by atoms with Crippen LogP contribution in [-0.2, 0) is 13.6 Å². The molecule has 0 atom stereocenters. The molecule has 1 fully saturated rings. The average molecular weight is 236 g/mol. The van der Waals surface area contributed by atoms with E-state index in [4.69, 9.17) is 5.73 Å². The van der Waals surface area contributed by atoms with Crippen LogP contribution in [0.1, 0.15) is 37.7 Å². The van der Waals surface area contributed by atoms with Crippen molar-refractivity contribution in [2.24, 2.45) is 12.8 Å². The van der Waals surface area contributed by atoms with E-state index in [1.165, 1.54) is 31.2 Å². The van der Waals surface area contributed by atoms with Crippen LogP contribution in [0.3, 0.4) is 0 Å². The van der Waals surface area contributed by atoms with Gasteiger partial charge in [-0.15, -0.1) is 0 Å². The second kappa shape index (κ2) is 5.19. The molecule has 96 valence electrons. The van der Waals surface area contributed by atoms with Crippen LogP contribution in [0.2, 0.25) is 0 Å². The van der Waals surface area contributed by atoms with Crippen molar-refractivity contribution in [2.75, 3.05) is 13.6 Å². The van der Waals surface area contributed by atoms with Gasteiger partial charge < -0.3 is 10.6 Å². The fourth-order valence-corrected chi connectivity index (χ4v) is 2.69. The molecule has 0 spiro atoms. The van der Waals surface area contributed by atoms with Gasteiger partial charge in [0.2, 0.25) is 0 Å². The van der Waals surface area contributed by atoms with Crippen LogP contribution in [0.25, 0.3) is 0 Å². The number of aromatic nitrogens is 2. The van der Waals surface area contributed by atoms with Crippen molar-refractivity contribution in [3.63, 3.8) is 0 Å². The monoisotopic (exact) mass is 236 g/mol. The zero-order valence-corrected chi connectivity index (χ0v) is 11.0. The first-order chi connectivity index (χ1) is 8.07. The minimum atomic E-state index is 0.114. The summed E-state index contributed by atoms with van der Waals surface area (Å²) in [4.78, 5) is 2.34. The van der Waals surface area contributed by atoms with Gasteiger partial charge in [-0.3, -0.25) is 4.68 Å². The standard InChI is InChI=1S/C13H24N4/c1-16(10-12-9-15-17(2)11-12)8-7-13(14)5-3-4-6-13/h9,11H,3-8,10,14H2,1-2H3. The zero-order chi connectivity index (χ0) is 12.3. The Kier molecular flexibility index (Phi) is 3.84. The van der Waals surface area contributed by atoms with Gasteiger partial charge in [-0.1, -0.05) is 12.8 Å². The third-order valence-electron chi connectivity index (χ3n) is 3.80. The highest BCUT2D eigenvalue weighted by Crippen LogP contribution is 2.30. The summed E-state index contributed by atoms with van der Waals surface area (Å²) < 4.78 is 1.85. The largest absolute Gasteiger partial charge is 0.325 e. The SMILES string of the molecule is CN(CCC1(N)CCCC1)Cc1cnn(C)c1. The lowest BCUT2D eigenvalue weighted by atomic mass is 9.94. The van der Waals surface area contributed by atoms with E-state index >= 15 is 0 Å². The molecule has 0 radical (unpaired) electrons. The smallest absolute Gasteiger partial charge is 0.0534 e. The number of hydrogen-bond acceptors (Lipinski definition) is 3. The summed E-state index contributed by atoms with van der Waals surface area (Å²) in [7, 11) is 4.11. The zero-order valence-electron chi connectivity index (χ0n) is 11.0. The van der Waals surface area contributed by atoms with Gasteiger partial charge in [0.1, 0.15) is 0 Å². The summed E-state index contributed by atoms with van der Waals surface area (Å²) in [5.74, 6) is 0.